The Balaban J connectivity index is 1.68. The number of hydrogen-bond acceptors (Lipinski definition) is 3. The number of nitrogens with zero attached hydrogens (tertiary/aromatic N) is 1. The first-order valence-corrected chi connectivity index (χ1v) is 6.86. The number of H-pyrrole nitrogens is 2. The second-order valence-electron chi connectivity index (χ2n) is 5.13. The zero-order chi connectivity index (χ0) is 14.8. The third-order valence-electron chi connectivity index (χ3n) is 3.81. The van der Waals surface area contributed by atoms with E-state index in [0.29, 0.717) is 31.5 Å². The minimum Gasteiger partial charge on any atom is -0.497 e. The molecule has 2 N–H and O–H groups in total. The molecule has 0 saturated carbocycles. The zero-order valence-electron chi connectivity index (χ0n) is 11.8. The van der Waals surface area contributed by atoms with Crippen molar-refractivity contribution in [3.63, 3.8) is 0 Å². The van der Waals surface area contributed by atoms with Crippen LogP contribution in [0.1, 0.15) is 16.8 Å². The summed E-state index contributed by atoms with van der Waals surface area (Å²) in [5.41, 5.74) is 2.39. The molecule has 110 valence electrons. The molecule has 1 aliphatic rings. The monoisotopic (exact) mass is 287 g/mol. The fourth-order valence-corrected chi connectivity index (χ4v) is 2.56. The Bertz CT molecular complexity index is 700. The lowest BCUT2D eigenvalue weighted by Crippen LogP contribution is -2.38. The number of nitrogens with one attached hydrogen (secondary N) is 2. The van der Waals surface area contributed by atoms with E-state index in [4.69, 9.17) is 4.74 Å². The van der Waals surface area contributed by atoms with Crippen LogP contribution in [-0.2, 0) is 24.2 Å². The number of amides is 1. The molecule has 0 fully saturated rings. The van der Waals surface area contributed by atoms with Gasteiger partial charge in [-0.2, -0.15) is 0 Å². The van der Waals surface area contributed by atoms with Gasteiger partial charge >= 0.3 is 0 Å². The molecule has 0 radical (unpaired) electrons. The fourth-order valence-electron chi connectivity index (χ4n) is 2.56. The molecule has 1 aromatic carbocycles. The Kier molecular flexibility index (Phi) is 3.51. The summed E-state index contributed by atoms with van der Waals surface area (Å²) in [5, 5.41) is 5.43. The second kappa shape index (κ2) is 5.47. The molecule has 1 aromatic heterocycles. The Hall–Kier alpha value is -2.50. The van der Waals surface area contributed by atoms with Gasteiger partial charge in [0.1, 0.15) is 5.75 Å². The highest BCUT2D eigenvalue weighted by molar-refractivity contribution is 5.79. The maximum atomic E-state index is 12.3. The van der Waals surface area contributed by atoms with E-state index in [-0.39, 0.29) is 11.5 Å². The third kappa shape index (κ3) is 2.69. The summed E-state index contributed by atoms with van der Waals surface area (Å²) >= 11 is 0. The lowest BCUT2D eigenvalue weighted by atomic mass is 10.1. The van der Waals surface area contributed by atoms with Gasteiger partial charge in [-0.05, 0) is 17.7 Å². The number of rotatable bonds is 3. The van der Waals surface area contributed by atoms with E-state index in [1.54, 1.807) is 12.0 Å². The van der Waals surface area contributed by atoms with Crippen molar-refractivity contribution in [2.75, 3.05) is 13.7 Å². The molecule has 2 aromatic rings. The summed E-state index contributed by atoms with van der Waals surface area (Å²) in [6, 6.07) is 7.45. The molecule has 21 heavy (non-hydrogen) atoms. The number of benzene rings is 1. The first-order valence-electron chi connectivity index (χ1n) is 6.86. The molecule has 6 nitrogen and oxygen atoms in total. The van der Waals surface area contributed by atoms with Gasteiger partial charge < -0.3 is 14.7 Å². The molecular weight excluding hydrogens is 270 g/mol. The van der Waals surface area contributed by atoms with E-state index in [0.717, 1.165) is 17.0 Å². The average molecular weight is 287 g/mol. The van der Waals surface area contributed by atoms with E-state index in [2.05, 4.69) is 10.2 Å². The Morgan fingerprint density at radius 3 is 2.76 bits per heavy atom. The molecule has 0 unspecified atom stereocenters. The molecular formula is C15H17N3O3. The Morgan fingerprint density at radius 2 is 2.05 bits per heavy atom. The van der Waals surface area contributed by atoms with E-state index >= 15 is 0 Å². The Labute approximate surface area is 121 Å². The number of carbonyl (C=O) groups is 1. The highest BCUT2D eigenvalue weighted by Crippen LogP contribution is 2.16. The van der Waals surface area contributed by atoms with Crippen LogP contribution in [0.5, 0.6) is 5.75 Å². The second-order valence-corrected chi connectivity index (χ2v) is 5.13. The van der Waals surface area contributed by atoms with Gasteiger partial charge in [0, 0.05) is 18.7 Å². The van der Waals surface area contributed by atoms with Crippen molar-refractivity contribution in [3.8, 4) is 5.75 Å². The van der Waals surface area contributed by atoms with Crippen molar-refractivity contribution in [3.05, 3.63) is 51.4 Å². The van der Waals surface area contributed by atoms with Gasteiger partial charge in [-0.3, -0.25) is 14.7 Å². The lowest BCUT2D eigenvalue weighted by Gasteiger charge is -2.26. The number of hydrogen-bond donors (Lipinski definition) is 2. The van der Waals surface area contributed by atoms with Gasteiger partial charge in [0.25, 0.3) is 5.56 Å². The highest BCUT2D eigenvalue weighted by Gasteiger charge is 2.23. The molecule has 0 aliphatic carbocycles. The van der Waals surface area contributed by atoms with Gasteiger partial charge in [-0.25, -0.2) is 0 Å². The van der Waals surface area contributed by atoms with Crippen molar-refractivity contribution >= 4 is 5.91 Å². The van der Waals surface area contributed by atoms with E-state index < -0.39 is 0 Å². The summed E-state index contributed by atoms with van der Waals surface area (Å²) in [5.74, 6) is 0.805. The van der Waals surface area contributed by atoms with Crippen LogP contribution in [0.4, 0.5) is 0 Å². The topological polar surface area (TPSA) is 78.2 Å². The molecule has 2 heterocycles. The number of methoxy groups -OCH3 is 1. The normalized spacial score (nSPS) is 13.9. The molecule has 1 amide bonds. The molecule has 0 bridgehead atoms. The van der Waals surface area contributed by atoms with E-state index in [1.165, 1.54) is 0 Å². The van der Waals surface area contributed by atoms with Crippen LogP contribution in [0.15, 0.2) is 29.1 Å². The molecule has 0 atom stereocenters. The molecule has 3 rings (SSSR count). The minimum atomic E-state index is -0.132. The van der Waals surface area contributed by atoms with Crippen LogP contribution < -0.4 is 10.3 Å². The smallest absolute Gasteiger partial charge is 0.269 e. The number of ether oxygens (including phenoxy) is 1. The summed E-state index contributed by atoms with van der Waals surface area (Å²) in [7, 11) is 1.61. The first-order chi connectivity index (χ1) is 10.2. The molecule has 0 spiro atoms. The van der Waals surface area contributed by atoms with Crippen LogP contribution in [0, 0.1) is 0 Å². The quantitative estimate of drug-likeness (QED) is 0.878. The van der Waals surface area contributed by atoms with Gasteiger partial charge in [0.15, 0.2) is 0 Å². The maximum absolute atomic E-state index is 12.3. The number of aromatic nitrogens is 2. The summed E-state index contributed by atoms with van der Waals surface area (Å²) < 4.78 is 5.10. The van der Waals surface area contributed by atoms with Crippen molar-refractivity contribution in [2.45, 2.75) is 19.4 Å². The van der Waals surface area contributed by atoms with Crippen LogP contribution in [0.2, 0.25) is 0 Å². The maximum Gasteiger partial charge on any atom is 0.269 e. The summed E-state index contributed by atoms with van der Waals surface area (Å²) in [6.07, 6.45) is 1.02. The van der Waals surface area contributed by atoms with Gasteiger partial charge in [-0.15, -0.1) is 0 Å². The third-order valence-corrected chi connectivity index (χ3v) is 3.81. The van der Waals surface area contributed by atoms with Crippen LogP contribution in [0.3, 0.4) is 0 Å². The van der Waals surface area contributed by atoms with Crippen molar-refractivity contribution in [1.82, 2.24) is 15.1 Å². The number of carbonyl (C=O) groups excluding carboxylic acids is 1. The van der Waals surface area contributed by atoms with E-state index in [9.17, 15) is 9.59 Å². The zero-order valence-corrected chi connectivity index (χ0v) is 11.8. The van der Waals surface area contributed by atoms with Gasteiger partial charge in [0.2, 0.25) is 5.91 Å². The predicted octanol–water partition coefficient (Wildman–Crippen LogP) is 0.839. The summed E-state index contributed by atoms with van der Waals surface area (Å²) in [4.78, 5) is 25.7. The minimum absolute atomic E-state index is 0.0337. The first kappa shape index (κ1) is 13.5. The largest absolute Gasteiger partial charge is 0.497 e. The average Bonchev–Trinajstić information content (AvgIpc) is 2.89. The summed E-state index contributed by atoms with van der Waals surface area (Å²) in [6.45, 7) is 1.01. The van der Waals surface area contributed by atoms with Gasteiger partial charge in [-0.1, -0.05) is 12.1 Å². The van der Waals surface area contributed by atoms with Crippen molar-refractivity contribution in [2.24, 2.45) is 0 Å². The van der Waals surface area contributed by atoms with Gasteiger partial charge in [0.05, 0.1) is 25.6 Å². The number of aromatic amines is 2. The van der Waals surface area contributed by atoms with Crippen LogP contribution in [0.25, 0.3) is 0 Å². The molecule has 1 aliphatic heterocycles. The fraction of sp³-hybridized carbons (Fsp3) is 0.333. The molecule has 6 heteroatoms. The van der Waals surface area contributed by atoms with E-state index in [1.807, 2.05) is 24.3 Å². The standard InChI is InChI=1S/C15H17N3O3/c1-21-11-4-2-10(3-5-11)8-14(19)18-7-6-13-12(9-18)15(20)17-16-13/h2-5H,6-9H2,1H3,(H2,16,17,20). The van der Waals surface area contributed by atoms with Crippen LogP contribution >= 0.6 is 0 Å². The van der Waals surface area contributed by atoms with Crippen molar-refractivity contribution < 1.29 is 9.53 Å². The predicted molar refractivity (Wildman–Crippen MR) is 77.2 cm³/mol. The highest BCUT2D eigenvalue weighted by atomic mass is 16.5. The SMILES string of the molecule is COc1ccc(CC(=O)N2CCc3[nH][nH]c(=O)c3C2)cc1. The van der Waals surface area contributed by atoms with Crippen molar-refractivity contribution in [1.29, 1.82) is 0 Å². The van der Waals surface area contributed by atoms with Crippen LogP contribution in [-0.4, -0.2) is 34.7 Å². The Morgan fingerprint density at radius 1 is 1.29 bits per heavy atom. The lowest BCUT2D eigenvalue weighted by molar-refractivity contribution is -0.131. The molecule has 0 saturated heterocycles. The number of fused-ring (bicyclic) bond motifs is 1.